The number of benzene rings is 2. The molecule has 0 bridgehead atoms. The molecule has 1 aliphatic heterocycles. The molecule has 10 nitrogen and oxygen atoms in total. The first-order valence-corrected chi connectivity index (χ1v) is 14.2. The van der Waals surface area contributed by atoms with Crippen LogP contribution >= 0.6 is 0 Å². The molecule has 0 aliphatic carbocycles. The SMILES string of the molecule is CCOc1ccc(NC(=O)c2nn3c(C)cc(C)nc3c2-c2ccc(C)c(S(=O)(=O)N3CCOCC3)c2)cc1. The molecule has 0 unspecified atom stereocenters. The van der Waals surface area contributed by atoms with Gasteiger partial charge in [-0.2, -0.15) is 9.40 Å². The predicted molar refractivity (Wildman–Crippen MR) is 148 cm³/mol. The van der Waals surface area contributed by atoms with Crippen molar-refractivity contribution in [1.29, 1.82) is 0 Å². The van der Waals surface area contributed by atoms with Crippen molar-refractivity contribution in [2.24, 2.45) is 0 Å². The van der Waals surface area contributed by atoms with Gasteiger partial charge in [-0.3, -0.25) is 4.79 Å². The molecule has 1 amide bonds. The monoisotopic (exact) mass is 549 g/mol. The second-order valence-corrected chi connectivity index (χ2v) is 11.3. The number of hydrogen-bond donors (Lipinski definition) is 1. The topological polar surface area (TPSA) is 115 Å². The van der Waals surface area contributed by atoms with Gasteiger partial charge in [0.25, 0.3) is 5.91 Å². The molecule has 11 heteroatoms. The molecule has 204 valence electrons. The molecular formula is C28H31N5O5S. The Morgan fingerprint density at radius 2 is 1.77 bits per heavy atom. The summed E-state index contributed by atoms with van der Waals surface area (Å²) in [5.41, 5.74) is 4.36. The third-order valence-corrected chi connectivity index (χ3v) is 8.64. The number of nitrogens with one attached hydrogen (secondary N) is 1. The van der Waals surface area contributed by atoms with E-state index in [1.54, 1.807) is 53.9 Å². The minimum Gasteiger partial charge on any atom is -0.494 e. The maximum absolute atomic E-state index is 13.6. The van der Waals surface area contributed by atoms with Gasteiger partial charge >= 0.3 is 0 Å². The number of rotatable bonds is 7. The smallest absolute Gasteiger partial charge is 0.276 e. The highest BCUT2D eigenvalue weighted by atomic mass is 32.2. The summed E-state index contributed by atoms with van der Waals surface area (Å²) >= 11 is 0. The number of nitrogens with zero attached hydrogens (tertiary/aromatic N) is 4. The lowest BCUT2D eigenvalue weighted by atomic mass is 10.0. The van der Waals surface area contributed by atoms with Crippen LogP contribution in [0, 0.1) is 20.8 Å². The minimum atomic E-state index is -3.77. The molecule has 5 rings (SSSR count). The molecule has 1 fully saturated rings. The maximum atomic E-state index is 13.6. The number of sulfonamides is 1. The molecule has 3 heterocycles. The zero-order chi connectivity index (χ0) is 27.7. The molecular weight excluding hydrogens is 518 g/mol. The summed E-state index contributed by atoms with van der Waals surface area (Å²) in [6, 6.07) is 14.1. The highest BCUT2D eigenvalue weighted by Crippen LogP contribution is 2.33. The molecule has 0 atom stereocenters. The van der Waals surface area contributed by atoms with Gasteiger partial charge in [0.1, 0.15) is 5.75 Å². The summed E-state index contributed by atoms with van der Waals surface area (Å²) in [6.07, 6.45) is 0. The summed E-state index contributed by atoms with van der Waals surface area (Å²) in [4.78, 5) is 18.5. The molecule has 1 saturated heterocycles. The quantitative estimate of drug-likeness (QED) is 0.371. The van der Waals surface area contributed by atoms with Gasteiger partial charge in [0.2, 0.25) is 10.0 Å². The van der Waals surface area contributed by atoms with Crippen LogP contribution in [0.15, 0.2) is 53.4 Å². The zero-order valence-electron chi connectivity index (χ0n) is 22.4. The van der Waals surface area contributed by atoms with Crippen molar-refractivity contribution in [3.63, 3.8) is 0 Å². The standard InChI is InChI=1S/C28H31N5O5S/c1-5-38-23-10-8-22(9-11-23)30-28(34)26-25(27-29-19(3)16-20(4)33(27)31-26)21-7-6-18(2)24(17-21)39(35,36)32-12-14-37-15-13-32/h6-11,16-17H,5,12-15H2,1-4H3,(H,30,34). The average molecular weight is 550 g/mol. The summed E-state index contributed by atoms with van der Waals surface area (Å²) in [5.74, 6) is 0.266. The van der Waals surface area contributed by atoms with Crippen molar-refractivity contribution in [3.05, 3.63) is 71.2 Å². The zero-order valence-corrected chi connectivity index (χ0v) is 23.2. The number of morpholine rings is 1. The first kappa shape index (κ1) is 26.8. The van der Waals surface area contributed by atoms with E-state index in [1.807, 2.05) is 26.8 Å². The number of amides is 1. The lowest BCUT2D eigenvalue weighted by molar-refractivity contribution is 0.0730. The number of fused-ring (bicyclic) bond motifs is 1. The van der Waals surface area contributed by atoms with Gasteiger partial charge in [-0.05, 0) is 75.2 Å². The molecule has 0 spiro atoms. The Kier molecular flexibility index (Phi) is 7.39. The van der Waals surface area contributed by atoms with E-state index in [4.69, 9.17) is 9.47 Å². The lowest BCUT2D eigenvalue weighted by Gasteiger charge is -2.26. The molecule has 1 aliphatic rings. The number of aryl methyl sites for hydroxylation is 3. The van der Waals surface area contributed by atoms with E-state index in [2.05, 4.69) is 15.4 Å². The van der Waals surface area contributed by atoms with Crippen LogP contribution in [-0.2, 0) is 14.8 Å². The number of ether oxygens (including phenoxy) is 2. The summed E-state index contributed by atoms with van der Waals surface area (Å²) in [7, 11) is -3.77. The van der Waals surface area contributed by atoms with Crippen LogP contribution in [0.1, 0.15) is 34.4 Å². The normalized spacial score (nSPS) is 14.5. The largest absolute Gasteiger partial charge is 0.494 e. The van der Waals surface area contributed by atoms with Crippen molar-refractivity contribution in [2.75, 3.05) is 38.2 Å². The predicted octanol–water partition coefficient (Wildman–Crippen LogP) is 3.99. The van der Waals surface area contributed by atoms with E-state index in [0.29, 0.717) is 66.7 Å². The van der Waals surface area contributed by atoms with Crippen molar-refractivity contribution in [2.45, 2.75) is 32.6 Å². The molecule has 2 aromatic heterocycles. The number of hydrogen-bond acceptors (Lipinski definition) is 7. The first-order valence-electron chi connectivity index (χ1n) is 12.8. The van der Waals surface area contributed by atoms with Crippen LogP contribution in [0.4, 0.5) is 5.69 Å². The molecule has 0 saturated carbocycles. The fraction of sp³-hybridized carbons (Fsp3) is 0.321. The van der Waals surface area contributed by atoms with Crippen LogP contribution in [0.25, 0.3) is 16.8 Å². The third-order valence-electron chi connectivity index (χ3n) is 6.60. The van der Waals surface area contributed by atoms with Gasteiger partial charge in [0.15, 0.2) is 11.3 Å². The van der Waals surface area contributed by atoms with Gasteiger partial charge in [-0.25, -0.2) is 17.9 Å². The number of aromatic nitrogens is 3. The Labute approximate surface area is 227 Å². The van der Waals surface area contributed by atoms with E-state index < -0.39 is 15.9 Å². The van der Waals surface area contributed by atoms with Crippen LogP contribution in [0.2, 0.25) is 0 Å². The Morgan fingerprint density at radius 3 is 2.46 bits per heavy atom. The van der Waals surface area contributed by atoms with Crippen LogP contribution in [0.5, 0.6) is 5.75 Å². The summed E-state index contributed by atoms with van der Waals surface area (Å²) < 4.78 is 41.0. The van der Waals surface area contributed by atoms with E-state index in [-0.39, 0.29) is 10.6 Å². The first-order chi connectivity index (χ1) is 18.7. The third kappa shape index (κ3) is 5.25. The van der Waals surface area contributed by atoms with Crippen LogP contribution in [-0.4, -0.2) is 66.1 Å². The molecule has 39 heavy (non-hydrogen) atoms. The lowest BCUT2D eigenvalue weighted by Crippen LogP contribution is -2.40. The Hall–Kier alpha value is -3.80. The van der Waals surface area contributed by atoms with Gasteiger partial charge in [-0.15, -0.1) is 0 Å². The minimum absolute atomic E-state index is 0.142. The Bertz CT molecular complexity index is 1640. The van der Waals surface area contributed by atoms with Crippen molar-refractivity contribution >= 4 is 27.3 Å². The average Bonchev–Trinajstić information content (AvgIpc) is 3.30. The van der Waals surface area contributed by atoms with Crippen LogP contribution in [0.3, 0.4) is 0 Å². The number of carbonyl (C=O) groups is 1. The van der Waals surface area contributed by atoms with E-state index in [1.165, 1.54) is 4.31 Å². The fourth-order valence-electron chi connectivity index (χ4n) is 4.70. The number of anilines is 1. The number of carbonyl (C=O) groups excluding carboxylic acids is 1. The summed E-state index contributed by atoms with van der Waals surface area (Å²) in [6.45, 7) is 9.25. The van der Waals surface area contributed by atoms with Crippen molar-refractivity contribution in [1.82, 2.24) is 18.9 Å². The summed E-state index contributed by atoms with van der Waals surface area (Å²) in [5, 5.41) is 7.52. The van der Waals surface area contributed by atoms with Crippen molar-refractivity contribution in [3.8, 4) is 16.9 Å². The van der Waals surface area contributed by atoms with Gasteiger partial charge in [-0.1, -0.05) is 12.1 Å². The second-order valence-electron chi connectivity index (χ2n) is 9.41. The molecule has 1 N–H and O–H groups in total. The second kappa shape index (κ2) is 10.8. The van der Waals surface area contributed by atoms with Crippen LogP contribution < -0.4 is 10.1 Å². The van der Waals surface area contributed by atoms with Crippen molar-refractivity contribution < 1.29 is 22.7 Å². The van der Waals surface area contributed by atoms with E-state index in [0.717, 1.165) is 11.4 Å². The van der Waals surface area contributed by atoms with E-state index in [9.17, 15) is 13.2 Å². The Morgan fingerprint density at radius 1 is 1.05 bits per heavy atom. The highest BCUT2D eigenvalue weighted by Gasteiger charge is 2.30. The maximum Gasteiger partial charge on any atom is 0.276 e. The van der Waals surface area contributed by atoms with Gasteiger partial charge < -0.3 is 14.8 Å². The highest BCUT2D eigenvalue weighted by molar-refractivity contribution is 7.89. The van der Waals surface area contributed by atoms with Gasteiger partial charge in [0, 0.05) is 30.2 Å². The molecule has 4 aromatic rings. The van der Waals surface area contributed by atoms with Gasteiger partial charge in [0.05, 0.1) is 30.3 Å². The van der Waals surface area contributed by atoms with E-state index >= 15 is 0 Å². The molecule has 2 aromatic carbocycles. The fourth-order valence-corrected chi connectivity index (χ4v) is 6.36. The molecule has 0 radical (unpaired) electrons. The Balaban J connectivity index is 1.62.